The number of hydrogen-bond donors (Lipinski definition) is 0. The second kappa shape index (κ2) is 8.35. The highest BCUT2D eigenvalue weighted by Gasteiger charge is 2.35. The van der Waals surface area contributed by atoms with Gasteiger partial charge in [-0.3, -0.25) is 0 Å². The van der Waals surface area contributed by atoms with E-state index in [-0.39, 0.29) is 17.6 Å². The van der Waals surface area contributed by atoms with E-state index in [9.17, 15) is 4.39 Å². The molecule has 0 spiro atoms. The minimum Gasteiger partial charge on any atom is -0.207 e. The first kappa shape index (κ1) is 19.6. The maximum absolute atomic E-state index is 15.4. The zero-order chi connectivity index (χ0) is 19.7. The van der Waals surface area contributed by atoms with Gasteiger partial charge >= 0.3 is 0 Å². The van der Waals surface area contributed by atoms with Crippen molar-refractivity contribution in [3.05, 3.63) is 59.2 Å². The number of fused-ring (bicyclic) bond motifs is 2. The van der Waals surface area contributed by atoms with Gasteiger partial charge < -0.3 is 0 Å². The van der Waals surface area contributed by atoms with Crippen molar-refractivity contribution in [3.8, 4) is 0 Å². The van der Waals surface area contributed by atoms with Crippen LogP contribution in [0.4, 0.5) is 8.78 Å². The summed E-state index contributed by atoms with van der Waals surface area (Å²) in [5.74, 6) is 2.25. The number of hydrogen-bond acceptors (Lipinski definition) is 0. The molecule has 2 saturated carbocycles. The monoisotopic (exact) mass is 382 g/mol. The van der Waals surface area contributed by atoms with E-state index in [1.54, 1.807) is 0 Å². The molecule has 2 aliphatic rings. The molecule has 0 saturated heterocycles. The molecule has 4 atom stereocenters. The van der Waals surface area contributed by atoms with Crippen molar-refractivity contribution in [2.45, 2.75) is 71.1 Å². The number of rotatable bonds is 4. The topological polar surface area (TPSA) is 0 Å². The molecule has 2 heteroatoms. The van der Waals surface area contributed by atoms with Gasteiger partial charge in [-0.1, -0.05) is 37.6 Å². The Balaban J connectivity index is 1.58. The molecule has 4 unspecified atom stereocenters. The Morgan fingerprint density at radius 3 is 2.61 bits per heavy atom. The maximum atomic E-state index is 15.4. The highest BCUT2D eigenvalue weighted by Crippen LogP contribution is 2.48. The van der Waals surface area contributed by atoms with Crippen molar-refractivity contribution in [1.82, 2.24) is 0 Å². The molecule has 150 valence electrons. The fourth-order valence-electron chi connectivity index (χ4n) is 5.69. The van der Waals surface area contributed by atoms with Crippen LogP contribution in [0.15, 0.2) is 36.4 Å². The van der Waals surface area contributed by atoms with Crippen LogP contribution in [0.3, 0.4) is 0 Å². The van der Waals surface area contributed by atoms with Crippen LogP contribution in [0.1, 0.15) is 75.8 Å². The largest absolute Gasteiger partial charge is 0.207 e. The summed E-state index contributed by atoms with van der Waals surface area (Å²) in [5, 5.41) is 1.27. The van der Waals surface area contributed by atoms with E-state index in [4.69, 9.17) is 0 Å². The Hall–Kier alpha value is -1.70. The average Bonchev–Trinajstić information content (AvgIpc) is 2.69. The molecule has 2 aromatic rings. The second-order valence-corrected chi connectivity index (χ2v) is 9.19. The van der Waals surface area contributed by atoms with E-state index >= 15 is 4.39 Å². The van der Waals surface area contributed by atoms with Crippen LogP contribution in [-0.2, 0) is 6.42 Å². The van der Waals surface area contributed by atoms with E-state index in [0.717, 1.165) is 48.0 Å². The molecule has 0 nitrogen and oxygen atoms in total. The predicted molar refractivity (Wildman–Crippen MR) is 114 cm³/mol. The first-order valence-corrected chi connectivity index (χ1v) is 11.1. The molecule has 0 radical (unpaired) electrons. The first-order valence-electron chi connectivity index (χ1n) is 11.1. The van der Waals surface area contributed by atoms with Crippen LogP contribution in [0.2, 0.25) is 0 Å². The third kappa shape index (κ3) is 3.88. The van der Waals surface area contributed by atoms with Crippen molar-refractivity contribution in [2.24, 2.45) is 17.8 Å². The van der Waals surface area contributed by atoms with Gasteiger partial charge in [0, 0.05) is 5.39 Å². The van der Waals surface area contributed by atoms with Crippen LogP contribution in [0.5, 0.6) is 0 Å². The highest BCUT2D eigenvalue weighted by molar-refractivity contribution is 5.85. The number of benzene rings is 2. The molecule has 2 fully saturated rings. The van der Waals surface area contributed by atoms with Crippen LogP contribution < -0.4 is 0 Å². The van der Waals surface area contributed by atoms with E-state index in [1.165, 1.54) is 31.7 Å². The molecule has 2 aliphatic carbocycles. The van der Waals surface area contributed by atoms with Crippen molar-refractivity contribution in [3.63, 3.8) is 0 Å². The highest BCUT2D eigenvalue weighted by atomic mass is 19.1. The fraction of sp³-hybridized carbons (Fsp3) is 0.538. The minimum absolute atomic E-state index is 0.191. The Morgan fingerprint density at radius 1 is 1.00 bits per heavy atom. The molecular formula is C26H32F2. The van der Waals surface area contributed by atoms with E-state index in [0.29, 0.717) is 17.4 Å². The molecule has 0 aliphatic heterocycles. The zero-order valence-corrected chi connectivity index (χ0v) is 17.2. The van der Waals surface area contributed by atoms with Gasteiger partial charge in [-0.25, -0.2) is 8.78 Å². The fourth-order valence-corrected chi connectivity index (χ4v) is 5.69. The number of halogens is 2. The van der Waals surface area contributed by atoms with Crippen molar-refractivity contribution >= 4 is 10.8 Å². The Morgan fingerprint density at radius 2 is 1.79 bits per heavy atom. The summed E-state index contributed by atoms with van der Waals surface area (Å²) in [7, 11) is 0. The summed E-state index contributed by atoms with van der Waals surface area (Å²) < 4.78 is 29.9. The lowest BCUT2D eigenvalue weighted by molar-refractivity contribution is 0.124. The predicted octanol–water partition coefficient (Wildman–Crippen LogP) is 7.95. The van der Waals surface area contributed by atoms with Gasteiger partial charge in [0.25, 0.3) is 0 Å². The van der Waals surface area contributed by atoms with Crippen LogP contribution in [0.25, 0.3) is 10.8 Å². The average molecular weight is 383 g/mol. The van der Waals surface area contributed by atoms with Crippen LogP contribution in [-0.4, -0.2) is 0 Å². The molecule has 2 aromatic carbocycles. The normalized spacial score (nSPS) is 28.0. The zero-order valence-electron chi connectivity index (χ0n) is 17.2. The Bertz CT molecular complexity index is 866. The van der Waals surface area contributed by atoms with Gasteiger partial charge in [0.05, 0.1) is 0 Å². The standard InChI is InChI=1S/C26H32F2/c1-3-4-5-6-22-15-21-11-12-23(26(28)24(21)16-25(22)27)20-10-9-18-13-17(2)7-8-19(18)14-20/h3-4,11-12,15-20H,5-10,13-14H2,1-2H3. The SMILES string of the molecule is CC=CCCc1cc2ccc(C3CCC4CC(C)CCC4C3)c(F)c2cc1F. The van der Waals surface area contributed by atoms with Gasteiger partial charge in [-0.2, -0.15) is 0 Å². The minimum atomic E-state index is -0.280. The summed E-state index contributed by atoms with van der Waals surface area (Å²) in [5.41, 5.74) is 1.49. The van der Waals surface area contributed by atoms with Gasteiger partial charge in [0.15, 0.2) is 0 Å². The van der Waals surface area contributed by atoms with E-state index < -0.39 is 0 Å². The van der Waals surface area contributed by atoms with Crippen molar-refractivity contribution in [1.29, 1.82) is 0 Å². The van der Waals surface area contributed by atoms with Crippen LogP contribution >= 0.6 is 0 Å². The summed E-state index contributed by atoms with van der Waals surface area (Å²) in [6.07, 6.45) is 12.8. The smallest absolute Gasteiger partial charge is 0.134 e. The van der Waals surface area contributed by atoms with Crippen LogP contribution in [0, 0.1) is 29.4 Å². The number of aryl methyl sites for hydroxylation is 1. The molecule has 0 N–H and O–H groups in total. The third-order valence-corrected chi connectivity index (χ3v) is 7.28. The van der Waals surface area contributed by atoms with Gasteiger partial charge in [0.1, 0.15) is 11.6 Å². The molecule has 0 bridgehead atoms. The van der Waals surface area contributed by atoms with E-state index in [1.807, 2.05) is 37.3 Å². The van der Waals surface area contributed by atoms with Gasteiger partial charge in [-0.15, -0.1) is 0 Å². The van der Waals surface area contributed by atoms with Gasteiger partial charge in [0.2, 0.25) is 0 Å². The lowest BCUT2D eigenvalue weighted by Crippen LogP contribution is -2.29. The summed E-state index contributed by atoms with van der Waals surface area (Å²) in [4.78, 5) is 0. The molecule has 0 heterocycles. The van der Waals surface area contributed by atoms with E-state index in [2.05, 4.69) is 6.92 Å². The Kier molecular flexibility index (Phi) is 5.85. The van der Waals surface area contributed by atoms with Crippen molar-refractivity contribution in [2.75, 3.05) is 0 Å². The van der Waals surface area contributed by atoms with Crippen molar-refractivity contribution < 1.29 is 8.78 Å². The lowest BCUT2D eigenvalue weighted by atomic mass is 9.64. The molecule has 0 amide bonds. The maximum Gasteiger partial charge on any atom is 0.134 e. The molecule has 4 rings (SSSR count). The molecule has 0 aromatic heterocycles. The number of allylic oxidation sites excluding steroid dienone is 2. The quantitative estimate of drug-likeness (QED) is 0.471. The molecule has 28 heavy (non-hydrogen) atoms. The first-order chi connectivity index (χ1) is 13.6. The summed E-state index contributed by atoms with van der Waals surface area (Å²) >= 11 is 0. The van der Waals surface area contributed by atoms with Gasteiger partial charge in [-0.05, 0) is 104 Å². The third-order valence-electron chi connectivity index (χ3n) is 7.28. The summed E-state index contributed by atoms with van der Waals surface area (Å²) in [6, 6.07) is 7.23. The summed E-state index contributed by atoms with van der Waals surface area (Å²) in [6.45, 7) is 4.33. The Labute approximate surface area is 168 Å². The lowest BCUT2D eigenvalue weighted by Gasteiger charge is -2.41. The molecular weight excluding hydrogens is 350 g/mol. The second-order valence-electron chi connectivity index (χ2n) is 9.19.